The first-order valence-corrected chi connectivity index (χ1v) is 10.7. The Morgan fingerprint density at radius 1 is 1.18 bits per heavy atom. The van der Waals surface area contributed by atoms with Gasteiger partial charge >= 0.3 is 0 Å². The van der Waals surface area contributed by atoms with Gasteiger partial charge in [-0.15, -0.1) is 6.42 Å². The van der Waals surface area contributed by atoms with Crippen LogP contribution in [0.1, 0.15) is 28.8 Å². The second kappa shape index (κ2) is 9.25. The minimum atomic E-state index is -0.698. The number of benzene rings is 1. The first-order chi connectivity index (χ1) is 16.3. The third kappa shape index (κ3) is 4.04. The number of nitrogens with zero attached hydrogens (tertiary/aromatic N) is 4. The number of terminal acetylenes is 1. The molecule has 3 amide bonds. The number of aromatic nitrogens is 1. The molecule has 0 bridgehead atoms. The Labute approximate surface area is 197 Å². The van der Waals surface area contributed by atoms with E-state index in [1.165, 1.54) is 5.01 Å². The summed E-state index contributed by atoms with van der Waals surface area (Å²) in [5.41, 5.74) is 7.39. The summed E-state index contributed by atoms with van der Waals surface area (Å²) in [7, 11) is 1.79. The fourth-order valence-corrected chi connectivity index (χ4v) is 4.61. The van der Waals surface area contributed by atoms with Crippen LogP contribution in [-0.2, 0) is 9.59 Å². The number of hydrazine groups is 1. The second-order valence-electron chi connectivity index (χ2n) is 8.09. The molecule has 2 aliphatic rings. The Balaban J connectivity index is 1.62. The molecule has 0 aliphatic carbocycles. The summed E-state index contributed by atoms with van der Waals surface area (Å²) in [6, 6.07) is 11.6. The number of rotatable bonds is 5. The number of carbonyl (C=O) groups is 3. The number of pyridine rings is 1. The first-order valence-electron chi connectivity index (χ1n) is 10.7. The zero-order chi connectivity index (χ0) is 24.4. The minimum Gasteiger partial charge on any atom is -0.364 e. The van der Waals surface area contributed by atoms with Gasteiger partial charge in [-0.05, 0) is 43.0 Å². The largest absolute Gasteiger partial charge is 0.364 e. The molecule has 1 unspecified atom stereocenters. The summed E-state index contributed by atoms with van der Waals surface area (Å²) < 4.78 is 0. The molecule has 1 saturated heterocycles. The molecular weight excluding hydrogens is 434 g/mol. The molecule has 4 rings (SSSR count). The summed E-state index contributed by atoms with van der Waals surface area (Å²) >= 11 is 0. The van der Waals surface area contributed by atoms with Gasteiger partial charge in [-0.2, -0.15) is 0 Å². The average Bonchev–Trinajstić information content (AvgIpc) is 3.41. The van der Waals surface area contributed by atoms with Crippen LogP contribution < -0.4 is 16.9 Å². The molecule has 1 aromatic heterocycles. The van der Waals surface area contributed by atoms with E-state index < -0.39 is 18.0 Å². The van der Waals surface area contributed by atoms with Crippen molar-refractivity contribution in [3.05, 3.63) is 65.5 Å². The van der Waals surface area contributed by atoms with Crippen molar-refractivity contribution in [2.75, 3.05) is 18.9 Å². The van der Waals surface area contributed by atoms with Crippen LogP contribution in [0.2, 0.25) is 0 Å². The topological polar surface area (TPSA) is 138 Å². The smallest absolute Gasteiger partial charge is 0.298 e. The van der Waals surface area contributed by atoms with E-state index in [9.17, 15) is 14.4 Å². The van der Waals surface area contributed by atoms with Crippen LogP contribution in [-0.4, -0.2) is 63.3 Å². The van der Waals surface area contributed by atoms with Gasteiger partial charge in [0.05, 0.1) is 11.7 Å². The number of amides is 3. The molecule has 3 heterocycles. The fourth-order valence-electron chi connectivity index (χ4n) is 4.61. The van der Waals surface area contributed by atoms with E-state index in [1.54, 1.807) is 60.6 Å². The van der Waals surface area contributed by atoms with Gasteiger partial charge in [0, 0.05) is 30.9 Å². The standard InChI is InChI=1S/C24H25N7O3/c1-3-19(32)30-14-6-7-17(30)24-29(2)20(21(22(25)33)31(24)26)15-9-11-16(12-10-15)23(34)28-18-8-4-5-13-27-18/h1,4-5,8-13,17,24H,6-7,14,26H2,2H3,(H2,25,33)(H,27,28,34)/t17-,24?/m0/s1. The van der Waals surface area contributed by atoms with Crippen molar-refractivity contribution in [1.29, 1.82) is 0 Å². The molecule has 2 atom stereocenters. The molecule has 1 aromatic carbocycles. The predicted octanol–water partition coefficient (Wildman–Crippen LogP) is 0.559. The van der Waals surface area contributed by atoms with Crippen molar-refractivity contribution in [2.24, 2.45) is 11.6 Å². The predicted molar refractivity (Wildman–Crippen MR) is 126 cm³/mol. The molecule has 2 aliphatic heterocycles. The van der Waals surface area contributed by atoms with Crippen molar-refractivity contribution in [2.45, 2.75) is 25.0 Å². The highest BCUT2D eigenvalue weighted by Gasteiger charge is 2.46. The Bertz CT molecular complexity index is 1190. The maximum absolute atomic E-state index is 12.6. The van der Waals surface area contributed by atoms with Crippen LogP contribution in [0.5, 0.6) is 0 Å². The molecule has 0 saturated carbocycles. The van der Waals surface area contributed by atoms with E-state index in [0.29, 0.717) is 35.6 Å². The minimum absolute atomic E-state index is 0.123. The zero-order valence-corrected chi connectivity index (χ0v) is 18.6. The maximum atomic E-state index is 12.6. The number of likely N-dealkylation sites (N-methyl/N-ethyl adjacent to an activating group) is 1. The Hall–Kier alpha value is -4.36. The molecule has 5 N–H and O–H groups in total. The number of primary amides is 1. The third-order valence-electron chi connectivity index (χ3n) is 6.11. The summed E-state index contributed by atoms with van der Waals surface area (Å²) in [4.78, 5) is 44.7. The molecule has 0 spiro atoms. The first kappa shape index (κ1) is 22.8. The quantitative estimate of drug-likeness (QED) is 0.439. The number of carbonyl (C=O) groups excluding carboxylic acids is 3. The van der Waals surface area contributed by atoms with Crippen LogP contribution in [0.3, 0.4) is 0 Å². The second-order valence-corrected chi connectivity index (χ2v) is 8.09. The molecule has 10 nitrogen and oxygen atoms in total. The highest BCUT2D eigenvalue weighted by atomic mass is 16.2. The van der Waals surface area contributed by atoms with Crippen LogP contribution in [0.15, 0.2) is 54.4 Å². The third-order valence-corrected chi connectivity index (χ3v) is 6.11. The van der Waals surface area contributed by atoms with Gasteiger partial charge in [0.2, 0.25) is 0 Å². The molecular formula is C24H25N7O3. The van der Waals surface area contributed by atoms with Crippen molar-refractivity contribution < 1.29 is 14.4 Å². The SMILES string of the molecule is C#CC(=O)N1CCC[C@H]1C1N(C)C(c2ccc(C(=O)Nc3ccccn3)cc2)=C(C(N)=O)N1N. The van der Waals surface area contributed by atoms with E-state index in [0.717, 1.165) is 6.42 Å². The van der Waals surface area contributed by atoms with E-state index >= 15 is 0 Å². The van der Waals surface area contributed by atoms with Crippen LogP contribution in [0.4, 0.5) is 5.82 Å². The van der Waals surface area contributed by atoms with Crippen molar-refractivity contribution in [3.8, 4) is 12.3 Å². The normalized spacial score (nSPS) is 19.9. The van der Waals surface area contributed by atoms with Gasteiger partial charge in [0.1, 0.15) is 17.7 Å². The van der Waals surface area contributed by atoms with Gasteiger partial charge in [-0.3, -0.25) is 19.4 Å². The van der Waals surface area contributed by atoms with Gasteiger partial charge < -0.3 is 20.9 Å². The molecule has 0 radical (unpaired) electrons. The number of anilines is 1. The summed E-state index contributed by atoms with van der Waals surface area (Å²) in [6.45, 7) is 0.521. The number of nitrogens with two attached hydrogens (primary N) is 2. The van der Waals surface area contributed by atoms with E-state index in [-0.39, 0.29) is 17.6 Å². The Morgan fingerprint density at radius 3 is 2.53 bits per heavy atom. The molecule has 1 fully saturated rings. The van der Waals surface area contributed by atoms with Crippen LogP contribution >= 0.6 is 0 Å². The van der Waals surface area contributed by atoms with Crippen molar-refractivity contribution in [1.82, 2.24) is 19.8 Å². The lowest BCUT2D eigenvalue weighted by molar-refractivity contribution is -0.127. The fraction of sp³-hybridized carbons (Fsp3) is 0.250. The van der Waals surface area contributed by atoms with E-state index in [2.05, 4.69) is 16.2 Å². The molecule has 34 heavy (non-hydrogen) atoms. The lowest BCUT2D eigenvalue weighted by Crippen LogP contribution is -2.56. The highest BCUT2D eigenvalue weighted by Crippen LogP contribution is 2.37. The Morgan fingerprint density at radius 2 is 1.91 bits per heavy atom. The van der Waals surface area contributed by atoms with Crippen LogP contribution in [0.25, 0.3) is 5.70 Å². The lowest BCUT2D eigenvalue weighted by atomic mass is 10.1. The molecule has 174 valence electrons. The highest BCUT2D eigenvalue weighted by molar-refractivity contribution is 6.04. The number of nitrogens with one attached hydrogen (secondary N) is 1. The number of likely N-dealkylation sites (tertiary alicyclic amines) is 1. The maximum Gasteiger partial charge on any atom is 0.298 e. The molecule has 10 heteroatoms. The number of hydrogen-bond acceptors (Lipinski definition) is 7. The monoisotopic (exact) mass is 459 g/mol. The summed E-state index contributed by atoms with van der Waals surface area (Å²) in [5, 5.41) is 4.04. The summed E-state index contributed by atoms with van der Waals surface area (Å²) in [6.07, 6.45) is 7.86. The summed E-state index contributed by atoms with van der Waals surface area (Å²) in [5.74, 6) is 7.53. The average molecular weight is 460 g/mol. The van der Waals surface area contributed by atoms with Crippen molar-refractivity contribution in [3.63, 3.8) is 0 Å². The number of hydrogen-bond donors (Lipinski definition) is 3. The van der Waals surface area contributed by atoms with Gasteiger partial charge in [0.15, 0.2) is 0 Å². The van der Waals surface area contributed by atoms with Gasteiger partial charge in [-0.1, -0.05) is 18.2 Å². The van der Waals surface area contributed by atoms with Crippen molar-refractivity contribution >= 4 is 29.2 Å². The lowest BCUT2D eigenvalue weighted by Gasteiger charge is -2.37. The zero-order valence-electron chi connectivity index (χ0n) is 18.6. The van der Waals surface area contributed by atoms with Gasteiger partial charge in [-0.25, -0.2) is 10.8 Å². The van der Waals surface area contributed by atoms with Crippen LogP contribution in [0, 0.1) is 12.3 Å². The molecule has 2 aromatic rings. The van der Waals surface area contributed by atoms with E-state index in [1.807, 2.05) is 4.90 Å². The Kier molecular flexibility index (Phi) is 6.21. The van der Waals surface area contributed by atoms with Gasteiger partial charge in [0.25, 0.3) is 17.7 Å². The van der Waals surface area contributed by atoms with E-state index in [4.69, 9.17) is 18.0 Å².